The molecule has 2 aromatic carbocycles. The smallest absolute Gasteiger partial charge is 0.411 e. The van der Waals surface area contributed by atoms with E-state index in [1.807, 2.05) is 49.3 Å². The topological polar surface area (TPSA) is 121 Å². The summed E-state index contributed by atoms with van der Waals surface area (Å²) in [4.78, 5) is 29.3. The zero-order valence-corrected chi connectivity index (χ0v) is 21.5. The molecule has 0 saturated heterocycles. The minimum Gasteiger partial charge on any atom is -0.497 e. The molecule has 2 aromatic rings. The van der Waals surface area contributed by atoms with Gasteiger partial charge in [0, 0.05) is 17.8 Å². The lowest BCUT2D eigenvalue weighted by molar-refractivity contribution is -0.119. The van der Waals surface area contributed by atoms with Gasteiger partial charge in [-0.2, -0.15) is 0 Å². The molecule has 0 radical (unpaired) electrons. The van der Waals surface area contributed by atoms with Gasteiger partial charge >= 0.3 is 6.09 Å². The molecular weight excluding hydrogens is 458 g/mol. The molecule has 4 N–H and O–H groups in total. The number of amides is 2. The Morgan fingerprint density at radius 3 is 2.36 bits per heavy atom. The van der Waals surface area contributed by atoms with Crippen molar-refractivity contribution >= 4 is 17.8 Å². The van der Waals surface area contributed by atoms with Crippen LogP contribution in [0.1, 0.15) is 31.1 Å². The Labute approximate surface area is 212 Å². The van der Waals surface area contributed by atoms with Crippen molar-refractivity contribution in [2.24, 2.45) is 5.73 Å². The first-order valence-corrected chi connectivity index (χ1v) is 11.7. The number of hydrogen-bond donors (Lipinski definition) is 3. The number of carbonyl (C=O) groups excluding carboxylic acids is 2. The summed E-state index contributed by atoms with van der Waals surface area (Å²) in [5, 5.41) is 11.1. The van der Waals surface area contributed by atoms with E-state index in [1.54, 1.807) is 45.2 Å². The van der Waals surface area contributed by atoms with E-state index in [9.17, 15) is 9.59 Å². The van der Waals surface area contributed by atoms with Crippen LogP contribution in [0.3, 0.4) is 0 Å². The third-order valence-electron chi connectivity index (χ3n) is 6.23. The van der Waals surface area contributed by atoms with Crippen LogP contribution < -0.4 is 15.8 Å². The second-order valence-electron chi connectivity index (χ2n) is 9.53. The lowest BCUT2D eigenvalue weighted by Gasteiger charge is -2.34. The average Bonchev–Trinajstić information content (AvgIpc) is 3.08. The van der Waals surface area contributed by atoms with Crippen molar-refractivity contribution < 1.29 is 19.1 Å². The molecule has 0 bridgehead atoms. The number of carbonyl (C=O) groups is 2. The molecule has 3 rings (SSSR count). The molecule has 0 aliphatic carbocycles. The van der Waals surface area contributed by atoms with E-state index in [1.165, 1.54) is 4.90 Å². The number of likely N-dealkylation sites (N-methyl/N-ethyl adjacent to an activating group) is 1. The molecular formula is C27H35N5O4. The number of benzene rings is 2. The van der Waals surface area contributed by atoms with Gasteiger partial charge in [0.25, 0.3) is 0 Å². The monoisotopic (exact) mass is 493 g/mol. The second kappa shape index (κ2) is 11.3. The van der Waals surface area contributed by atoms with Gasteiger partial charge in [0.1, 0.15) is 17.7 Å². The van der Waals surface area contributed by atoms with Crippen molar-refractivity contribution in [3.05, 3.63) is 77.0 Å². The Balaban J connectivity index is 1.68. The highest BCUT2D eigenvalue weighted by molar-refractivity contribution is 6.07. The summed E-state index contributed by atoms with van der Waals surface area (Å²) in [7, 11) is 5.40. The van der Waals surface area contributed by atoms with Crippen LogP contribution in [0.25, 0.3) is 0 Å². The van der Waals surface area contributed by atoms with Gasteiger partial charge in [-0.3, -0.25) is 15.1 Å². The van der Waals surface area contributed by atoms with Gasteiger partial charge in [0.15, 0.2) is 0 Å². The minimum absolute atomic E-state index is 0.0583. The molecule has 9 nitrogen and oxygen atoms in total. The number of nitrogens with zero attached hydrogens (tertiary/aromatic N) is 2. The molecule has 1 atom stereocenters. The first-order valence-electron chi connectivity index (χ1n) is 11.7. The van der Waals surface area contributed by atoms with Gasteiger partial charge in [-0.05, 0) is 51.2 Å². The fraction of sp³-hybridized carbons (Fsp3) is 0.370. The van der Waals surface area contributed by atoms with Gasteiger partial charge < -0.3 is 25.4 Å². The zero-order chi connectivity index (χ0) is 26.5. The van der Waals surface area contributed by atoms with Crippen molar-refractivity contribution in [3.63, 3.8) is 0 Å². The molecule has 2 amide bonds. The maximum atomic E-state index is 13.3. The first-order chi connectivity index (χ1) is 17.0. The molecule has 1 heterocycles. The van der Waals surface area contributed by atoms with Gasteiger partial charge in [-0.25, -0.2) is 4.79 Å². The van der Waals surface area contributed by atoms with Gasteiger partial charge in [0.05, 0.1) is 25.6 Å². The van der Waals surface area contributed by atoms with Crippen LogP contribution in [0.2, 0.25) is 0 Å². The number of nitrogens with two attached hydrogens (primary N) is 1. The summed E-state index contributed by atoms with van der Waals surface area (Å²) < 4.78 is 11.1. The quantitative estimate of drug-likeness (QED) is 0.384. The molecule has 0 aromatic heterocycles. The van der Waals surface area contributed by atoms with E-state index in [2.05, 4.69) is 5.32 Å². The molecule has 1 aliphatic rings. The van der Waals surface area contributed by atoms with E-state index in [0.29, 0.717) is 23.6 Å². The van der Waals surface area contributed by atoms with E-state index in [-0.39, 0.29) is 24.7 Å². The van der Waals surface area contributed by atoms with Crippen molar-refractivity contribution in [3.8, 4) is 5.75 Å². The van der Waals surface area contributed by atoms with Crippen LogP contribution in [0.4, 0.5) is 4.79 Å². The lowest BCUT2D eigenvalue weighted by Crippen LogP contribution is -2.47. The number of rotatable bonds is 8. The second-order valence-corrected chi connectivity index (χ2v) is 9.53. The highest BCUT2D eigenvalue weighted by atomic mass is 16.6. The number of ether oxygens (including phenoxy) is 2. The van der Waals surface area contributed by atoms with Crippen LogP contribution in [0.5, 0.6) is 5.75 Å². The zero-order valence-electron chi connectivity index (χ0n) is 21.5. The fourth-order valence-corrected chi connectivity index (χ4v) is 4.05. The third kappa shape index (κ3) is 6.23. The fourth-order valence-electron chi connectivity index (χ4n) is 4.05. The summed E-state index contributed by atoms with van der Waals surface area (Å²) >= 11 is 0. The molecule has 36 heavy (non-hydrogen) atoms. The molecule has 0 unspecified atom stereocenters. The normalized spacial score (nSPS) is 15.6. The standard InChI is InChI=1S/C27H35N5O4/c1-27(2)24(28)21(25(29)30-23(33)15-18-11-13-20(35-5)14-12-18)16-32(27)26(34)36-22(17-31(3)4)19-9-7-6-8-10-19/h6-14,22H,15-17,28H2,1-5H3,(H2,29,30,33)/t22-/m1/s1. The Hall–Kier alpha value is -3.85. The Bertz CT molecular complexity index is 1130. The highest BCUT2D eigenvalue weighted by Crippen LogP contribution is 2.33. The molecule has 0 spiro atoms. The van der Waals surface area contributed by atoms with Gasteiger partial charge in [0.2, 0.25) is 5.91 Å². The summed E-state index contributed by atoms with van der Waals surface area (Å²) in [5.41, 5.74) is 7.90. The van der Waals surface area contributed by atoms with E-state index < -0.39 is 17.7 Å². The summed E-state index contributed by atoms with van der Waals surface area (Å²) in [6.45, 7) is 4.17. The first kappa shape index (κ1) is 26.7. The number of amidine groups is 1. The van der Waals surface area contributed by atoms with Crippen LogP contribution >= 0.6 is 0 Å². The minimum atomic E-state index is -0.890. The number of nitrogens with one attached hydrogen (secondary N) is 2. The Kier molecular flexibility index (Phi) is 8.37. The SMILES string of the molecule is COc1ccc(CC(=O)NC(=N)C2=C(N)C(C)(C)N(C(=O)O[C@H](CN(C)C)c3ccccc3)C2)cc1. The molecule has 192 valence electrons. The predicted molar refractivity (Wildman–Crippen MR) is 139 cm³/mol. The van der Waals surface area contributed by atoms with Crippen molar-refractivity contribution in [1.82, 2.24) is 15.1 Å². The average molecular weight is 494 g/mol. The van der Waals surface area contributed by atoms with E-state index in [0.717, 1.165) is 11.1 Å². The lowest BCUT2D eigenvalue weighted by atomic mass is 10.0. The van der Waals surface area contributed by atoms with E-state index >= 15 is 0 Å². The van der Waals surface area contributed by atoms with Crippen molar-refractivity contribution in [2.45, 2.75) is 31.9 Å². The summed E-state index contributed by atoms with van der Waals surface area (Å²) in [6.07, 6.45) is -0.915. The summed E-state index contributed by atoms with van der Waals surface area (Å²) in [5.74, 6) is 0.229. The van der Waals surface area contributed by atoms with Crippen LogP contribution in [-0.4, -0.2) is 67.5 Å². The Morgan fingerprint density at radius 1 is 1.14 bits per heavy atom. The largest absolute Gasteiger partial charge is 0.497 e. The van der Waals surface area contributed by atoms with E-state index in [4.69, 9.17) is 20.6 Å². The molecule has 0 saturated carbocycles. The van der Waals surface area contributed by atoms with Crippen molar-refractivity contribution in [2.75, 3.05) is 34.3 Å². The predicted octanol–water partition coefficient (Wildman–Crippen LogP) is 3.08. The van der Waals surface area contributed by atoms with Crippen LogP contribution in [0.15, 0.2) is 65.9 Å². The third-order valence-corrected chi connectivity index (χ3v) is 6.23. The maximum Gasteiger partial charge on any atom is 0.411 e. The Morgan fingerprint density at radius 2 is 1.78 bits per heavy atom. The maximum absolute atomic E-state index is 13.3. The molecule has 9 heteroatoms. The summed E-state index contributed by atoms with van der Waals surface area (Å²) in [6, 6.07) is 16.7. The highest BCUT2D eigenvalue weighted by Gasteiger charge is 2.44. The van der Waals surface area contributed by atoms with Gasteiger partial charge in [-0.1, -0.05) is 42.5 Å². The van der Waals surface area contributed by atoms with Crippen LogP contribution in [-0.2, 0) is 16.0 Å². The van der Waals surface area contributed by atoms with Crippen molar-refractivity contribution in [1.29, 1.82) is 5.41 Å². The molecule has 1 aliphatic heterocycles. The number of methoxy groups -OCH3 is 1. The van der Waals surface area contributed by atoms with Crippen LogP contribution in [0, 0.1) is 5.41 Å². The molecule has 0 fully saturated rings. The number of hydrogen-bond acceptors (Lipinski definition) is 7. The van der Waals surface area contributed by atoms with Gasteiger partial charge in [-0.15, -0.1) is 0 Å².